The average Bonchev–Trinajstić information content (AvgIpc) is 3.14. The van der Waals surface area contributed by atoms with Crippen LogP contribution in [0, 0.1) is 0 Å². The number of hydrogen-bond donors (Lipinski definition) is 1. The van der Waals surface area contributed by atoms with Crippen LogP contribution >= 0.6 is 15.9 Å². The lowest BCUT2D eigenvalue weighted by Crippen LogP contribution is -2.23. The minimum Gasteiger partial charge on any atom is -0.472 e. The zero-order chi connectivity index (χ0) is 16.8. The van der Waals surface area contributed by atoms with Gasteiger partial charge in [-0.05, 0) is 35.7 Å². The third-order valence-electron chi connectivity index (χ3n) is 3.71. The quantitative estimate of drug-likeness (QED) is 0.686. The van der Waals surface area contributed by atoms with Gasteiger partial charge in [-0.25, -0.2) is 0 Å². The standard InChI is InChI=1S/C19H17BrN2O2/c20-17-4-2-1-3-15(17)6-8-19(23)22-12-14-5-7-18(21-11-14)16-9-10-24-13-16/h1-5,7,9-11,13H,6,8,12H2,(H,22,23). The van der Waals surface area contributed by atoms with Gasteiger partial charge in [-0.15, -0.1) is 0 Å². The summed E-state index contributed by atoms with van der Waals surface area (Å²) in [5, 5.41) is 2.93. The van der Waals surface area contributed by atoms with Crippen LogP contribution < -0.4 is 5.32 Å². The number of nitrogens with one attached hydrogen (secondary N) is 1. The number of pyridine rings is 1. The molecule has 4 nitrogen and oxygen atoms in total. The van der Waals surface area contributed by atoms with Crippen molar-refractivity contribution >= 4 is 21.8 Å². The largest absolute Gasteiger partial charge is 0.472 e. The fraction of sp³-hybridized carbons (Fsp3) is 0.158. The number of carbonyl (C=O) groups excluding carboxylic acids is 1. The first-order valence-corrected chi connectivity index (χ1v) is 8.49. The van der Waals surface area contributed by atoms with Crippen molar-refractivity contribution < 1.29 is 9.21 Å². The maximum Gasteiger partial charge on any atom is 0.220 e. The van der Waals surface area contributed by atoms with Gasteiger partial charge >= 0.3 is 0 Å². The van der Waals surface area contributed by atoms with E-state index in [0.29, 0.717) is 19.4 Å². The number of furan rings is 1. The van der Waals surface area contributed by atoms with Crippen LogP contribution in [0.4, 0.5) is 0 Å². The summed E-state index contributed by atoms with van der Waals surface area (Å²) in [5.41, 5.74) is 3.90. The lowest BCUT2D eigenvalue weighted by Gasteiger charge is -2.07. The van der Waals surface area contributed by atoms with Crippen molar-refractivity contribution in [2.75, 3.05) is 0 Å². The Kier molecular flexibility index (Phi) is 5.43. The van der Waals surface area contributed by atoms with Gasteiger partial charge in [0.2, 0.25) is 5.91 Å². The SMILES string of the molecule is O=C(CCc1ccccc1Br)NCc1ccc(-c2ccoc2)nc1. The van der Waals surface area contributed by atoms with Crippen molar-refractivity contribution in [1.82, 2.24) is 10.3 Å². The molecule has 0 saturated carbocycles. The van der Waals surface area contributed by atoms with Crippen LogP contribution in [0.1, 0.15) is 17.5 Å². The van der Waals surface area contributed by atoms with Crippen LogP contribution in [0.25, 0.3) is 11.3 Å². The zero-order valence-corrected chi connectivity index (χ0v) is 14.6. The van der Waals surface area contributed by atoms with Crippen molar-refractivity contribution in [2.45, 2.75) is 19.4 Å². The fourth-order valence-corrected chi connectivity index (χ4v) is 2.83. The molecule has 0 unspecified atom stereocenters. The molecule has 0 bridgehead atoms. The topological polar surface area (TPSA) is 55.1 Å². The van der Waals surface area contributed by atoms with Crippen molar-refractivity contribution in [2.24, 2.45) is 0 Å². The number of carbonyl (C=O) groups is 1. The Balaban J connectivity index is 1.48. The molecule has 2 heterocycles. The highest BCUT2D eigenvalue weighted by Crippen LogP contribution is 2.18. The summed E-state index contributed by atoms with van der Waals surface area (Å²) in [6.07, 6.45) is 6.23. The highest BCUT2D eigenvalue weighted by molar-refractivity contribution is 9.10. The van der Waals surface area contributed by atoms with Crippen molar-refractivity contribution in [3.8, 4) is 11.3 Å². The summed E-state index contributed by atoms with van der Waals surface area (Å²) >= 11 is 3.50. The number of aromatic nitrogens is 1. The summed E-state index contributed by atoms with van der Waals surface area (Å²) in [5.74, 6) is 0.0321. The minimum absolute atomic E-state index is 0.0321. The Bertz CT molecular complexity index is 798. The van der Waals surface area contributed by atoms with E-state index in [1.165, 1.54) is 0 Å². The second-order valence-corrected chi connectivity index (χ2v) is 6.29. The molecule has 0 aliphatic heterocycles. The van der Waals surface area contributed by atoms with Crippen LogP contribution in [0.15, 0.2) is 70.1 Å². The Morgan fingerprint density at radius 2 is 2.04 bits per heavy atom. The van der Waals surface area contributed by atoms with Crippen LogP contribution in [-0.2, 0) is 17.8 Å². The van der Waals surface area contributed by atoms with Crippen LogP contribution in [0.5, 0.6) is 0 Å². The summed E-state index contributed by atoms with van der Waals surface area (Å²) in [6, 6.07) is 13.7. The normalized spacial score (nSPS) is 10.5. The van der Waals surface area contributed by atoms with Crippen LogP contribution in [0.2, 0.25) is 0 Å². The van der Waals surface area contributed by atoms with E-state index in [1.54, 1.807) is 18.7 Å². The smallest absolute Gasteiger partial charge is 0.220 e. The number of halogens is 1. The Hall–Kier alpha value is -2.40. The van der Waals surface area contributed by atoms with Crippen LogP contribution in [-0.4, -0.2) is 10.9 Å². The highest BCUT2D eigenvalue weighted by Gasteiger charge is 2.05. The van der Waals surface area contributed by atoms with E-state index in [0.717, 1.165) is 26.9 Å². The second kappa shape index (κ2) is 7.93. The maximum absolute atomic E-state index is 12.0. The minimum atomic E-state index is 0.0321. The molecule has 0 aliphatic rings. The predicted molar refractivity (Wildman–Crippen MR) is 96.2 cm³/mol. The van der Waals surface area contributed by atoms with Gasteiger partial charge in [0.1, 0.15) is 0 Å². The van der Waals surface area contributed by atoms with E-state index >= 15 is 0 Å². The molecule has 0 fully saturated rings. The van der Waals surface area contributed by atoms with Crippen LogP contribution in [0.3, 0.4) is 0 Å². The van der Waals surface area contributed by atoms with Gasteiger partial charge < -0.3 is 9.73 Å². The number of nitrogens with zero attached hydrogens (tertiary/aromatic N) is 1. The molecule has 0 radical (unpaired) electrons. The molecule has 0 spiro atoms. The van der Waals surface area contributed by atoms with Crippen molar-refractivity contribution in [1.29, 1.82) is 0 Å². The molecule has 24 heavy (non-hydrogen) atoms. The molecular formula is C19H17BrN2O2. The van der Waals surface area contributed by atoms with Crippen molar-refractivity contribution in [3.05, 3.63) is 76.8 Å². The van der Waals surface area contributed by atoms with E-state index in [2.05, 4.69) is 26.2 Å². The van der Waals surface area contributed by atoms with Gasteiger partial charge in [0.15, 0.2) is 0 Å². The average molecular weight is 385 g/mol. The molecule has 3 rings (SSSR count). The lowest BCUT2D eigenvalue weighted by molar-refractivity contribution is -0.121. The van der Waals surface area contributed by atoms with E-state index in [4.69, 9.17) is 4.42 Å². The van der Waals surface area contributed by atoms with Gasteiger partial charge in [-0.1, -0.05) is 40.2 Å². The van der Waals surface area contributed by atoms with Gasteiger partial charge in [0.05, 0.1) is 18.2 Å². The summed E-state index contributed by atoms with van der Waals surface area (Å²) in [6.45, 7) is 0.480. The maximum atomic E-state index is 12.0. The number of aryl methyl sites for hydroxylation is 1. The van der Waals surface area contributed by atoms with Gasteiger partial charge in [-0.3, -0.25) is 9.78 Å². The number of amides is 1. The molecule has 5 heteroatoms. The molecular weight excluding hydrogens is 368 g/mol. The van der Waals surface area contributed by atoms with Gasteiger partial charge in [-0.2, -0.15) is 0 Å². The Morgan fingerprint density at radius 3 is 2.75 bits per heavy atom. The monoisotopic (exact) mass is 384 g/mol. The second-order valence-electron chi connectivity index (χ2n) is 5.43. The van der Waals surface area contributed by atoms with Gasteiger partial charge in [0, 0.05) is 29.2 Å². The molecule has 0 atom stereocenters. The van der Waals surface area contributed by atoms with E-state index in [-0.39, 0.29) is 5.91 Å². The Labute approximate surface area is 149 Å². The molecule has 122 valence electrons. The highest BCUT2D eigenvalue weighted by atomic mass is 79.9. The number of rotatable bonds is 6. The number of benzene rings is 1. The first kappa shape index (κ1) is 16.5. The van der Waals surface area contributed by atoms with E-state index in [1.807, 2.05) is 42.5 Å². The molecule has 0 saturated heterocycles. The molecule has 3 aromatic rings. The molecule has 1 N–H and O–H groups in total. The predicted octanol–water partition coefficient (Wildman–Crippen LogP) is 4.35. The molecule has 0 aliphatic carbocycles. The fourth-order valence-electron chi connectivity index (χ4n) is 2.35. The van der Waals surface area contributed by atoms with E-state index in [9.17, 15) is 4.79 Å². The first-order valence-electron chi connectivity index (χ1n) is 7.70. The third kappa shape index (κ3) is 4.32. The molecule has 2 aromatic heterocycles. The summed E-state index contributed by atoms with van der Waals surface area (Å²) in [7, 11) is 0. The first-order chi connectivity index (χ1) is 11.7. The zero-order valence-electron chi connectivity index (χ0n) is 13.0. The summed E-state index contributed by atoms with van der Waals surface area (Å²) in [4.78, 5) is 16.4. The van der Waals surface area contributed by atoms with Gasteiger partial charge in [0.25, 0.3) is 0 Å². The summed E-state index contributed by atoms with van der Waals surface area (Å²) < 4.78 is 6.09. The third-order valence-corrected chi connectivity index (χ3v) is 4.48. The molecule has 1 aromatic carbocycles. The number of hydrogen-bond acceptors (Lipinski definition) is 3. The molecule has 1 amide bonds. The Morgan fingerprint density at radius 1 is 1.17 bits per heavy atom. The van der Waals surface area contributed by atoms with Crippen molar-refractivity contribution in [3.63, 3.8) is 0 Å². The lowest BCUT2D eigenvalue weighted by atomic mass is 10.1. The van der Waals surface area contributed by atoms with E-state index < -0.39 is 0 Å².